The van der Waals surface area contributed by atoms with Gasteiger partial charge in [-0.15, -0.1) is 0 Å². The van der Waals surface area contributed by atoms with Crippen LogP contribution in [0.2, 0.25) is 0 Å². The molecule has 2 aliphatic heterocycles. The van der Waals surface area contributed by atoms with Crippen LogP contribution in [0, 0.1) is 5.92 Å². The van der Waals surface area contributed by atoms with Crippen LogP contribution in [0.3, 0.4) is 0 Å². The van der Waals surface area contributed by atoms with Crippen molar-refractivity contribution in [3.8, 4) is 11.1 Å². The zero-order valence-corrected chi connectivity index (χ0v) is 29.9. The number of nitrogens with two attached hydrogens (primary N) is 2. The minimum Gasteiger partial charge on any atom is -0.393 e. The molecular weight excluding hydrogens is 668 g/mol. The highest BCUT2D eigenvalue weighted by Crippen LogP contribution is 2.49. The van der Waals surface area contributed by atoms with Crippen LogP contribution in [0.5, 0.6) is 0 Å². The molecule has 4 radical (unpaired) electrons. The van der Waals surface area contributed by atoms with Crippen molar-refractivity contribution < 1.29 is 14.4 Å². The first kappa shape index (κ1) is 34.8. The number of allylic oxidation sites excluding steroid dienone is 1. The van der Waals surface area contributed by atoms with Gasteiger partial charge in [0, 0.05) is 61.0 Å². The smallest absolute Gasteiger partial charge is 0.270 e. The van der Waals surface area contributed by atoms with Crippen molar-refractivity contribution >= 4 is 44.8 Å². The number of rotatable bonds is 12. The van der Waals surface area contributed by atoms with Gasteiger partial charge in [-0.05, 0) is 69.0 Å². The highest BCUT2D eigenvalue weighted by molar-refractivity contribution is 6.39. The molecule has 1 saturated heterocycles. The summed E-state index contributed by atoms with van der Waals surface area (Å²) in [7, 11) is 15.4. The third-order valence-electron chi connectivity index (χ3n) is 10.8. The van der Waals surface area contributed by atoms with Crippen molar-refractivity contribution in [2.75, 3.05) is 30.4 Å². The Labute approximate surface area is 311 Å². The molecule has 3 saturated carbocycles. The number of amides is 3. The average molecular weight is 711 g/mol. The number of pyridine rings is 1. The van der Waals surface area contributed by atoms with E-state index in [0.717, 1.165) is 61.0 Å². The second kappa shape index (κ2) is 13.3. The first-order valence-electron chi connectivity index (χ1n) is 18.3. The van der Waals surface area contributed by atoms with Crippen molar-refractivity contribution in [1.29, 1.82) is 0 Å². The van der Waals surface area contributed by atoms with E-state index in [1.165, 1.54) is 6.08 Å². The number of nitrogens with one attached hydrogen (secondary N) is 4. The fourth-order valence-electron chi connectivity index (χ4n) is 6.97. The average Bonchev–Trinajstić information content (AvgIpc) is 3.98. The third-order valence-corrected chi connectivity index (χ3v) is 10.8. The number of aromatic nitrogens is 3. The first-order valence-corrected chi connectivity index (χ1v) is 18.3. The van der Waals surface area contributed by atoms with Crippen LogP contribution >= 0.6 is 0 Å². The molecule has 1 aromatic carbocycles. The maximum Gasteiger partial charge on any atom is 0.270 e. The standard InChI is InChI=1S/C37H43B2N11O3/c1-19-32-25(16-42-50(32)23-17-49(18-23)37(38,39)29-8-4-7-27(46-29)35(52)43-21-11-12-21)24-5-3-6-26(33(24)48(19)2)45-28(31(41)36(53)44-22-13-14-22)15-30(40)47-34(51)20-9-10-20/h3-8,15-16,19-23,45H,9-14,17-18,40-41H2,1-2H3,(H,43,52)(H,44,53)(H,47,51)/b30-15+,31-28+. The summed E-state index contributed by atoms with van der Waals surface area (Å²) in [4.78, 5) is 46.8. The van der Waals surface area contributed by atoms with E-state index in [1.807, 2.05) is 36.3 Å². The van der Waals surface area contributed by atoms with E-state index in [0.29, 0.717) is 30.2 Å². The van der Waals surface area contributed by atoms with Gasteiger partial charge in [0.15, 0.2) is 0 Å². The second-order valence-corrected chi connectivity index (χ2v) is 15.0. The minimum absolute atomic E-state index is 0.00329. The fraction of sp³-hybridized carbons (Fsp3) is 0.432. The summed E-state index contributed by atoms with van der Waals surface area (Å²) in [6.45, 7) is 3.19. The van der Waals surface area contributed by atoms with Gasteiger partial charge in [-0.25, -0.2) is 4.98 Å². The van der Waals surface area contributed by atoms with E-state index in [2.05, 4.69) is 42.8 Å². The van der Waals surface area contributed by atoms with E-state index in [1.54, 1.807) is 18.2 Å². The molecule has 1 atom stereocenters. The highest BCUT2D eigenvalue weighted by atomic mass is 16.2. The van der Waals surface area contributed by atoms with Gasteiger partial charge < -0.3 is 42.5 Å². The Morgan fingerprint density at radius 2 is 1.64 bits per heavy atom. The Kier molecular flexibility index (Phi) is 8.75. The molecule has 8 rings (SSSR count). The molecule has 0 spiro atoms. The zero-order chi connectivity index (χ0) is 37.2. The summed E-state index contributed by atoms with van der Waals surface area (Å²) in [5.74, 6) is -0.720. The molecule has 5 aliphatic rings. The quantitative estimate of drug-likeness (QED) is 0.0914. The normalized spacial score (nSPS) is 20.8. The lowest BCUT2D eigenvalue weighted by Crippen LogP contribution is -2.60. The van der Waals surface area contributed by atoms with Gasteiger partial charge in [0.2, 0.25) is 5.91 Å². The first-order chi connectivity index (χ1) is 25.4. The van der Waals surface area contributed by atoms with Gasteiger partial charge in [-0.1, -0.05) is 18.2 Å². The number of carbonyl (C=O) groups excluding carboxylic acids is 3. The molecule has 1 unspecified atom stereocenters. The van der Waals surface area contributed by atoms with Crippen LogP contribution in [0.1, 0.15) is 79.4 Å². The Morgan fingerprint density at radius 3 is 2.34 bits per heavy atom. The minimum atomic E-state index is -1.38. The Bertz CT molecular complexity index is 2040. The van der Waals surface area contributed by atoms with Crippen molar-refractivity contribution in [3.05, 3.63) is 83.0 Å². The van der Waals surface area contributed by atoms with E-state index >= 15 is 0 Å². The Morgan fingerprint density at radius 1 is 0.943 bits per heavy atom. The maximum atomic E-state index is 13.1. The van der Waals surface area contributed by atoms with Crippen LogP contribution in [-0.2, 0) is 14.9 Å². The van der Waals surface area contributed by atoms with Crippen molar-refractivity contribution in [3.63, 3.8) is 0 Å². The summed E-state index contributed by atoms with van der Waals surface area (Å²) in [5.41, 5.74) is 18.2. The van der Waals surface area contributed by atoms with Crippen LogP contribution in [0.4, 0.5) is 11.4 Å². The van der Waals surface area contributed by atoms with Gasteiger partial charge >= 0.3 is 0 Å². The molecule has 3 amide bonds. The molecule has 3 aromatic rings. The molecule has 0 bridgehead atoms. The zero-order valence-electron chi connectivity index (χ0n) is 29.9. The number of carbonyl (C=O) groups is 3. The second-order valence-electron chi connectivity index (χ2n) is 15.0. The largest absolute Gasteiger partial charge is 0.393 e. The number of hydrogen-bond donors (Lipinski definition) is 6. The number of nitrogens with zero attached hydrogens (tertiary/aromatic N) is 5. The van der Waals surface area contributed by atoms with Gasteiger partial charge in [-0.3, -0.25) is 19.1 Å². The summed E-state index contributed by atoms with van der Waals surface area (Å²) < 4.78 is 2.05. The molecule has 2 aromatic heterocycles. The molecule has 270 valence electrons. The predicted octanol–water partition coefficient (Wildman–Crippen LogP) is 1.54. The van der Waals surface area contributed by atoms with E-state index < -0.39 is 11.2 Å². The van der Waals surface area contributed by atoms with E-state index in [4.69, 9.17) is 32.3 Å². The number of para-hydroxylation sites is 1. The maximum absolute atomic E-state index is 13.1. The molecule has 4 heterocycles. The van der Waals surface area contributed by atoms with Crippen molar-refractivity contribution in [2.45, 2.75) is 75.0 Å². The Hall–Kier alpha value is -5.24. The summed E-state index contributed by atoms with van der Waals surface area (Å²) in [6, 6.07) is 11.3. The molecule has 4 fully saturated rings. The molecule has 14 nitrogen and oxygen atoms in total. The lowest BCUT2D eigenvalue weighted by atomic mass is 9.57. The van der Waals surface area contributed by atoms with E-state index in [9.17, 15) is 14.4 Å². The molecule has 3 aliphatic carbocycles. The third kappa shape index (κ3) is 6.87. The molecule has 16 heteroatoms. The number of anilines is 2. The van der Waals surface area contributed by atoms with Crippen LogP contribution in [0.15, 0.2) is 65.9 Å². The number of likely N-dealkylation sites (tertiary alicyclic amines) is 1. The topological polar surface area (TPSA) is 189 Å². The summed E-state index contributed by atoms with van der Waals surface area (Å²) >= 11 is 0. The van der Waals surface area contributed by atoms with Crippen LogP contribution in [0.25, 0.3) is 11.1 Å². The molecular formula is C37H43B2N11O3. The summed E-state index contributed by atoms with van der Waals surface area (Å²) in [6.07, 6.45) is 8.83. The fourth-order valence-corrected chi connectivity index (χ4v) is 6.97. The monoisotopic (exact) mass is 711 g/mol. The summed E-state index contributed by atoms with van der Waals surface area (Å²) in [5, 5.41) is 15.5. The predicted molar refractivity (Wildman–Crippen MR) is 202 cm³/mol. The number of hydrogen-bond acceptors (Lipinski definition) is 10. The van der Waals surface area contributed by atoms with Crippen molar-refractivity contribution in [2.24, 2.45) is 17.4 Å². The van der Waals surface area contributed by atoms with Crippen LogP contribution in [-0.4, -0.2) is 85.3 Å². The van der Waals surface area contributed by atoms with Crippen LogP contribution < -0.4 is 37.6 Å². The van der Waals surface area contributed by atoms with Gasteiger partial charge in [0.25, 0.3) is 11.8 Å². The lowest BCUT2D eigenvalue weighted by molar-refractivity contribution is -0.121. The lowest BCUT2D eigenvalue weighted by Gasteiger charge is -2.50. The number of benzene rings is 1. The van der Waals surface area contributed by atoms with Crippen molar-refractivity contribution in [1.82, 2.24) is 35.6 Å². The van der Waals surface area contributed by atoms with E-state index in [-0.39, 0.29) is 59.1 Å². The SMILES string of the molecule is [B]C([B])(c1cccc(C(=O)NC2CC2)n1)N1CC(n2ncc3c2C(C)N(C)c2c(NC(/C=C(\N)NC(=O)C4CC4)=C(/N)C(=O)NC4CC4)cccc2-3)C1. The molecule has 53 heavy (non-hydrogen) atoms. The Balaban J connectivity index is 1.04. The van der Waals surface area contributed by atoms with Gasteiger partial charge in [0.1, 0.15) is 17.2 Å². The van der Waals surface area contributed by atoms with Gasteiger partial charge in [0.05, 0.1) is 56.7 Å². The van der Waals surface area contributed by atoms with Gasteiger partial charge in [-0.2, -0.15) is 5.10 Å². The number of fused-ring (bicyclic) bond motifs is 3. The molecule has 8 N–H and O–H groups in total. The highest BCUT2D eigenvalue weighted by Gasteiger charge is 2.42.